The Morgan fingerprint density at radius 2 is 2.00 bits per heavy atom. The van der Waals surface area contributed by atoms with Crippen LogP contribution < -0.4 is 5.32 Å². The van der Waals surface area contributed by atoms with Crippen molar-refractivity contribution < 1.29 is 0 Å². The molecule has 0 saturated heterocycles. The molecule has 0 radical (unpaired) electrons. The summed E-state index contributed by atoms with van der Waals surface area (Å²) in [4.78, 5) is 6.86. The topological polar surface area (TPSA) is 28.2 Å². The van der Waals surface area contributed by atoms with Crippen LogP contribution in [0.15, 0.2) is 18.2 Å². The highest BCUT2D eigenvalue weighted by Crippen LogP contribution is 2.05. The largest absolute Gasteiger partial charge is 0.369 e. The van der Waals surface area contributed by atoms with E-state index in [1.54, 1.807) is 0 Å². The van der Waals surface area contributed by atoms with Crippen LogP contribution in [0, 0.1) is 6.92 Å². The Labute approximate surface area is 98.9 Å². The van der Waals surface area contributed by atoms with Crippen LogP contribution in [0.3, 0.4) is 0 Å². The lowest BCUT2D eigenvalue weighted by Gasteiger charge is -2.26. The van der Waals surface area contributed by atoms with Crippen molar-refractivity contribution in [1.82, 2.24) is 9.88 Å². The molecule has 3 heteroatoms. The summed E-state index contributed by atoms with van der Waals surface area (Å²) in [5.74, 6) is 0.971. The fourth-order valence-electron chi connectivity index (χ4n) is 1.87. The molecular weight excluding hydrogens is 198 g/mol. The Bertz CT molecular complexity index is 308. The Morgan fingerprint density at radius 3 is 2.56 bits per heavy atom. The van der Waals surface area contributed by atoms with Crippen molar-refractivity contribution in [3.63, 3.8) is 0 Å². The Balaban J connectivity index is 2.45. The fourth-order valence-corrected chi connectivity index (χ4v) is 1.87. The molecule has 1 aromatic rings. The summed E-state index contributed by atoms with van der Waals surface area (Å²) < 4.78 is 0. The number of nitrogens with one attached hydrogen (secondary N) is 1. The molecule has 0 aliphatic rings. The first kappa shape index (κ1) is 13.0. The van der Waals surface area contributed by atoms with Gasteiger partial charge in [0.05, 0.1) is 0 Å². The first-order chi connectivity index (χ1) is 7.67. The van der Waals surface area contributed by atoms with Gasteiger partial charge in [0.2, 0.25) is 0 Å². The molecule has 0 aliphatic carbocycles. The van der Waals surface area contributed by atoms with E-state index >= 15 is 0 Å². The molecule has 1 rings (SSSR count). The second kappa shape index (κ2) is 6.48. The number of aromatic nitrogens is 1. The van der Waals surface area contributed by atoms with E-state index in [1.165, 1.54) is 0 Å². The zero-order valence-electron chi connectivity index (χ0n) is 10.8. The van der Waals surface area contributed by atoms with Gasteiger partial charge in [0.1, 0.15) is 5.82 Å². The molecule has 0 fully saturated rings. The average Bonchev–Trinajstić information content (AvgIpc) is 2.28. The maximum atomic E-state index is 4.43. The van der Waals surface area contributed by atoms with E-state index in [2.05, 4.69) is 36.0 Å². The quantitative estimate of drug-likeness (QED) is 0.800. The lowest BCUT2D eigenvalue weighted by Crippen LogP contribution is -2.37. The molecule has 3 nitrogen and oxygen atoms in total. The highest BCUT2D eigenvalue weighted by Gasteiger charge is 2.09. The van der Waals surface area contributed by atoms with Crippen molar-refractivity contribution in [2.45, 2.75) is 33.7 Å². The summed E-state index contributed by atoms with van der Waals surface area (Å²) in [6.45, 7) is 11.8. The third-order valence-electron chi connectivity index (χ3n) is 2.90. The number of nitrogens with zero attached hydrogens (tertiary/aromatic N) is 2. The first-order valence-electron chi connectivity index (χ1n) is 6.09. The van der Waals surface area contributed by atoms with E-state index in [-0.39, 0.29) is 0 Å². The minimum Gasteiger partial charge on any atom is -0.369 e. The molecule has 1 N–H and O–H groups in total. The second-order valence-electron chi connectivity index (χ2n) is 4.12. The monoisotopic (exact) mass is 221 g/mol. The predicted octanol–water partition coefficient (Wildman–Crippen LogP) is 2.53. The van der Waals surface area contributed by atoms with Gasteiger partial charge in [-0.05, 0) is 39.1 Å². The Kier molecular flexibility index (Phi) is 5.26. The summed E-state index contributed by atoms with van der Waals surface area (Å²) in [5.41, 5.74) is 1.06. The van der Waals surface area contributed by atoms with Crippen LogP contribution in [0.1, 0.15) is 26.5 Å². The van der Waals surface area contributed by atoms with Gasteiger partial charge >= 0.3 is 0 Å². The van der Waals surface area contributed by atoms with Crippen molar-refractivity contribution in [2.24, 2.45) is 0 Å². The molecule has 0 saturated carbocycles. The summed E-state index contributed by atoms with van der Waals surface area (Å²) in [6, 6.07) is 6.60. The SMILES string of the molecule is CCN(CC)C(C)CNc1cccc(C)n1. The van der Waals surface area contributed by atoms with Crippen LogP contribution in [0.2, 0.25) is 0 Å². The maximum absolute atomic E-state index is 4.43. The molecule has 0 spiro atoms. The van der Waals surface area contributed by atoms with Crippen molar-refractivity contribution in [2.75, 3.05) is 25.0 Å². The molecule has 1 unspecified atom stereocenters. The minimum absolute atomic E-state index is 0.539. The molecule has 0 aliphatic heterocycles. The molecule has 0 aromatic carbocycles. The fraction of sp³-hybridized carbons (Fsp3) is 0.615. The first-order valence-corrected chi connectivity index (χ1v) is 6.09. The lowest BCUT2D eigenvalue weighted by atomic mass is 10.2. The van der Waals surface area contributed by atoms with Gasteiger partial charge in [-0.15, -0.1) is 0 Å². The predicted molar refractivity (Wildman–Crippen MR) is 69.8 cm³/mol. The van der Waals surface area contributed by atoms with Gasteiger partial charge in [0, 0.05) is 18.3 Å². The van der Waals surface area contributed by atoms with Crippen molar-refractivity contribution >= 4 is 5.82 Å². The van der Waals surface area contributed by atoms with Gasteiger partial charge < -0.3 is 5.32 Å². The minimum atomic E-state index is 0.539. The molecule has 16 heavy (non-hydrogen) atoms. The Hall–Kier alpha value is -1.09. The molecule has 0 bridgehead atoms. The third-order valence-corrected chi connectivity index (χ3v) is 2.90. The summed E-state index contributed by atoms with van der Waals surface area (Å²) in [7, 11) is 0. The zero-order chi connectivity index (χ0) is 12.0. The second-order valence-corrected chi connectivity index (χ2v) is 4.12. The molecular formula is C13H23N3. The van der Waals surface area contributed by atoms with E-state index in [0.717, 1.165) is 31.1 Å². The maximum Gasteiger partial charge on any atom is 0.126 e. The molecule has 90 valence electrons. The van der Waals surface area contributed by atoms with Gasteiger partial charge in [-0.1, -0.05) is 19.9 Å². The van der Waals surface area contributed by atoms with Crippen LogP contribution in [0.5, 0.6) is 0 Å². The van der Waals surface area contributed by atoms with Crippen LogP contribution >= 0.6 is 0 Å². The Morgan fingerprint density at radius 1 is 1.31 bits per heavy atom. The number of aryl methyl sites for hydroxylation is 1. The van der Waals surface area contributed by atoms with Gasteiger partial charge in [-0.25, -0.2) is 4.98 Å². The number of anilines is 1. The van der Waals surface area contributed by atoms with Gasteiger partial charge in [0.25, 0.3) is 0 Å². The highest BCUT2D eigenvalue weighted by atomic mass is 15.2. The van der Waals surface area contributed by atoms with E-state index < -0.39 is 0 Å². The van der Waals surface area contributed by atoms with Gasteiger partial charge in [-0.3, -0.25) is 4.90 Å². The van der Waals surface area contributed by atoms with Crippen molar-refractivity contribution in [3.8, 4) is 0 Å². The average molecular weight is 221 g/mol. The van der Waals surface area contributed by atoms with Crippen LogP contribution in [-0.2, 0) is 0 Å². The smallest absolute Gasteiger partial charge is 0.126 e. The lowest BCUT2D eigenvalue weighted by molar-refractivity contribution is 0.240. The van der Waals surface area contributed by atoms with Crippen LogP contribution in [0.25, 0.3) is 0 Å². The standard InChI is InChI=1S/C13H23N3/c1-5-16(6-2)12(4)10-14-13-9-7-8-11(3)15-13/h7-9,12H,5-6,10H2,1-4H3,(H,14,15). The van der Waals surface area contributed by atoms with Crippen LogP contribution in [-0.4, -0.2) is 35.6 Å². The molecule has 1 heterocycles. The molecule has 1 atom stereocenters. The normalized spacial score (nSPS) is 12.8. The van der Waals surface area contributed by atoms with Gasteiger partial charge in [-0.2, -0.15) is 0 Å². The number of likely N-dealkylation sites (N-methyl/N-ethyl adjacent to an activating group) is 1. The van der Waals surface area contributed by atoms with E-state index in [1.807, 2.05) is 25.1 Å². The van der Waals surface area contributed by atoms with Gasteiger partial charge in [0.15, 0.2) is 0 Å². The van der Waals surface area contributed by atoms with Crippen LogP contribution in [0.4, 0.5) is 5.82 Å². The van der Waals surface area contributed by atoms with Crippen molar-refractivity contribution in [3.05, 3.63) is 23.9 Å². The van der Waals surface area contributed by atoms with Crippen molar-refractivity contribution in [1.29, 1.82) is 0 Å². The molecule has 0 amide bonds. The molecule has 1 aromatic heterocycles. The third kappa shape index (κ3) is 3.81. The van der Waals surface area contributed by atoms with E-state index in [4.69, 9.17) is 0 Å². The highest BCUT2D eigenvalue weighted by molar-refractivity contribution is 5.35. The number of hydrogen-bond donors (Lipinski definition) is 1. The summed E-state index contributed by atoms with van der Waals surface area (Å²) in [5, 5.41) is 3.38. The summed E-state index contributed by atoms with van der Waals surface area (Å²) >= 11 is 0. The van der Waals surface area contributed by atoms with E-state index in [0.29, 0.717) is 6.04 Å². The number of hydrogen-bond acceptors (Lipinski definition) is 3. The number of rotatable bonds is 6. The van der Waals surface area contributed by atoms with E-state index in [9.17, 15) is 0 Å². The number of pyridine rings is 1. The zero-order valence-corrected chi connectivity index (χ0v) is 10.8. The summed E-state index contributed by atoms with van der Waals surface area (Å²) in [6.07, 6.45) is 0.